The molecule has 2 unspecified atom stereocenters. The lowest BCUT2D eigenvalue weighted by Gasteiger charge is -2.36. The first-order valence-electron chi connectivity index (χ1n) is 9.86. The van der Waals surface area contributed by atoms with Gasteiger partial charge in [-0.25, -0.2) is 4.98 Å². The zero-order valence-electron chi connectivity index (χ0n) is 16.7. The molecule has 0 saturated carbocycles. The van der Waals surface area contributed by atoms with Gasteiger partial charge in [-0.05, 0) is 25.0 Å². The number of likely N-dealkylation sites (tertiary alicyclic amines) is 1. The van der Waals surface area contributed by atoms with E-state index in [1.54, 1.807) is 30.3 Å². The summed E-state index contributed by atoms with van der Waals surface area (Å²) in [5.74, 6) is 0.128. The monoisotopic (exact) mass is 418 g/mol. The number of primary amides is 1. The van der Waals surface area contributed by atoms with Crippen molar-refractivity contribution in [1.29, 1.82) is 0 Å². The summed E-state index contributed by atoms with van der Waals surface area (Å²) in [6, 6.07) is 3.75. The quantitative estimate of drug-likeness (QED) is 0.815. The third kappa shape index (κ3) is 3.76. The highest BCUT2D eigenvalue weighted by Crippen LogP contribution is 2.43. The first-order chi connectivity index (χ1) is 14.0. The van der Waals surface area contributed by atoms with E-state index < -0.39 is 0 Å². The van der Waals surface area contributed by atoms with Crippen LogP contribution in [-0.2, 0) is 14.3 Å². The van der Waals surface area contributed by atoms with E-state index >= 15 is 0 Å². The highest BCUT2D eigenvalue weighted by molar-refractivity contribution is 7.19. The number of carbonyl (C=O) groups is 2. The Hall–Kier alpha value is -2.39. The van der Waals surface area contributed by atoms with Crippen molar-refractivity contribution in [2.24, 2.45) is 11.7 Å². The molecule has 2 fully saturated rings. The van der Waals surface area contributed by atoms with Crippen molar-refractivity contribution in [2.45, 2.75) is 25.8 Å². The summed E-state index contributed by atoms with van der Waals surface area (Å²) in [5, 5.41) is 0.820. The summed E-state index contributed by atoms with van der Waals surface area (Å²) in [4.78, 5) is 33.0. The average Bonchev–Trinajstić information content (AvgIpc) is 3.18. The van der Waals surface area contributed by atoms with E-state index in [1.165, 1.54) is 0 Å². The van der Waals surface area contributed by atoms with Crippen molar-refractivity contribution in [3.63, 3.8) is 0 Å². The van der Waals surface area contributed by atoms with E-state index in [0.717, 1.165) is 34.0 Å². The van der Waals surface area contributed by atoms with E-state index in [2.05, 4.69) is 11.0 Å². The molecule has 4 rings (SSSR count). The lowest BCUT2D eigenvalue weighted by molar-refractivity contribution is -0.136. The van der Waals surface area contributed by atoms with Crippen LogP contribution in [0.1, 0.15) is 30.8 Å². The molecule has 0 radical (unpaired) electrons. The number of fused-ring (bicyclic) bond motifs is 1. The van der Waals surface area contributed by atoms with Gasteiger partial charge >= 0.3 is 0 Å². The molecule has 29 heavy (non-hydrogen) atoms. The zero-order valence-corrected chi connectivity index (χ0v) is 17.5. The number of rotatable bonds is 4. The minimum absolute atomic E-state index is 0.0162. The standard InChI is InChI=1S/C20H26N4O4S/c1-12(25)24-6-5-13(19(21)26)11-15(24)20-22-17-16(27-2)4-3-14(18(17)29-20)23-7-9-28-10-8-23/h3-4,13,15H,5-11H2,1-2H3,(H2,21,26). The summed E-state index contributed by atoms with van der Waals surface area (Å²) in [5.41, 5.74) is 7.47. The lowest BCUT2D eigenvalue weighted by atomic mass is 9.90. The van der Waals surface area contributed by atoms with Crippen LogP contribution in [0.3, 0.4) is 0 Å². The molecule has 2 N–H and O–H groups in total. The number of anilines is 1. The molecule has 1 aromatic heterocycles. The second-order valence-corrected chi connectivity index (χ2v) is 8.50. The fourth-order valence-electron chi connectivity index (χ4n) is 4.18. The predicted molar refractivity (Wildman–Crippen MR) is 111 cm³/mol. The van der Waals surface area contributed by atoms with Crippen molar-refractivity contribution in [3.8, 4) is 5.75 Å². The second kappa shape index (κ2) is 8.16. The molecular formula is C20H26N4O4S. The molecule has 9 heteroatoms. The number of thiazole rings is 1. The maximum atomic E-state index is 12.3. The van der Waals surface area contributed by atoms with Crippen LogP contribution >= 0.6 is 11.3 Å². The van der Waals surface area contributed by atoms with Crippen molar-refractivity contribution < 1.29 is 19.1 Å². The lowest BCUT2D eigenvalue weighted by Crippen LogP contribution is -2.43. The smallest absolute Gasteiger partial charge is 0.220 e. The van der Waals surface area contributed by atoms with Crippen molar-refractivity contribution >= 4 is 39.1 Å². The van der Waals surface area contributed by atoms with Crippen LogP contribution in [0.15, 0.2) is 12.1 Å². The molecule has 0 spiro atoms. The molecule has 2 aromatic rings. The number of piperidine rings is 1. The molecule has 2 amide bonds. The second-order valence-electron chi connectivity index (χ2n) is 7.47. The van der Waals surface area contributed by atoms with Crippen LogP contribution in [0.25, 0.3) is 10.2 Å². The number of nitrogens with zero attached hydrogens (tertiary/aromatic N) is 3. The molecule has 2 saturated heterocycles. The van der Waals surface area contributed by atoms with Gasteiger partial charge in [0.1, 0.15) is 16.3 Å². The number of nitrogens with two attached hydrogens (primary N) is 1. The molecular weight excluding hydrogens is 392 g/mol. The first-order valence-corrected chi connectivity index (χ1v) is 10.7. The average molecular weight is 419 g/mol. The van der Waals surface area contributed by atoms with Crippen LogP contribution in [0, 0.1) is 5.92 Å². The summed E-state index contributed by atoms with van der Waals surface area (Å²) in [7, 11) is 1.63. The van der Waals surface area contributed by atoms with Crippen LogP contribution in [0.2, 0.25) is 0 Å². The van der Waals surface area contributed by atoms with Gasteiger partial charge in [-0.1, -0.05) is 0 Å². The topological polar surface area (TPSA) is 98.0 Å². The minimum atomic E-state index is -0.314. The van der Waals surface area contributed by atoms with Crippen molar-refractivity contribution in [1.82, 2.24) is 9.88 Å². The highest BCUT2D eigenvalue weighted by atomic mass is 32.1. The van der Waals surface area contributed by atoms with Gasteiger partial charge in [0.05, 0.1) is 36.8 Å². The number of amides is 2. The van der Waals surface area contributed by atoms with Crippen molar-refractivity contribution in [3.05, 3.63) is 17.1 Å². The molecule has 2 aliphatic rings. The van der Waals surface area contributed by atoms with E-state index in [1.807, 2.05) is 6.07 Å². The van der Waals surface area contributed by atoms with Crippen LogP contribution in [0.4, 0.5) is 5.69 Å². The number of carbonyl (C=O) groups excluding carboxylic acids is 2. The third-order valence-corrected chi connectivity index (χ3v) is 6.95. The van der Waals surface area contributed by atoms with E-state index in [9.17, 15) is 9.59 Å². The van der Waals surface area contributed by atoms with Gasteiger partial charge in [-0.15, -0.1) is 11.3 Å². The maximum absolute atomic E-state index is 12.3. The molecule has 1 aromatic carbocycles. The number of hydrogen-bond donors (Lipinski definition) is 1. The van der Waals surface area contributed by atoms with Gasteiger partial charge < -0.3 is 25.0 Å². The van der Waals surface area contributed by atoms with Crippen LogP contribution in [-0.4, -0.2) is 61.7 Å². The van der Waals surface area contributed by atoms with Gasteiger partial charge in [-0.3, -0.25) is 9.59 Å². The van der Waals surface area contributed by atoms with Gasteiger partial charge in [0.25, 0.3) is 0 Å². The zero-order chi connectivity index (χ0) is 20.5. The fraction of sp³-hybridized carbons (Fsp3) is 0.550. The number of ether oxygens (including phenoxy) is 2. The number of hydrogen-bond acceptors (Lipinski definition) is 7. The van der Waals surface area contributed by atoms with Gasteiger partial charge in [0.2, 0.25) is 11.8 Å². The number of benzene rings is 1. The first kappa shape index (κ1) is 19.9. The highest BCUT2D eigenvalue weighted by Gasteiger charge is 2.36. The Morgan fingerprint density at radius 3 is 2.69 bits per heavy atom. The maximum Gasteiger partial charge on any atom is 0.220 e. The largest absolute Gasteiger partial charge is 0.494 e. The number of aromatic nitrogens is 1. The molecule has 0 aliphatic carbocycles. The summed E-state index contributed by atoms with van der Waals surface area (Å²) in [6.07, 6.45) is 1.10. The summed E-state index contributed by atoms with van der Waals surface area (Å²) >= 11 is 1.57. The Kier molecular flexibility index (Phi) is 5.60. The van der Waals surface area contributed by atoms with Crippen molar-refractivity contribution in [2.75, 3.05) is 44.9 Å². The summed E-state index contributed by atoms with van der Waals surface area (Å²) < 4.78 is 12.1. The summed E-state index contributed by atoms with van der Waals surface area (Å²) in [6.45, 7) is 5.10. The molecule has 0 bridgehead atoms. The Morgan fingerprint density at radius 2 is 2.03 bits per heavy atom. The van der Waals surface area contributed by atoms with E-state index in [0.29, 0.717) is 38.3 Å². The Bertz CT molecular complexity index is 925. The SMILES string of the molecule is COc1ccc(N2CCOCC2)c2sc(C3CC(C(N)=O)CCN3C(C)=O)nc12. The van der Waals surface area contributed by atoms with E-state index in [-0.39, 0.29) is 23.8 Å². The van der Waals surface area contributed by atoms with Gasteiger partial charge in [-0.2, -0.15) is 0 Å². The van der Waals surface area contributed by atoms with Gasteiger partial charge in [0, 0.05) is 32.5 Å². The number of morpholine rings is 1. The number of methoxy groups -OCH3 is 1. The Labute approximate surface area is 173 Å². The Morgan fingerprint density at radius 1 is 1.28 bits per heavy atom. The molecule has 2 aliphatic heterocycles. The Balaban J connectivity index is 1.78. The van der Waals surface area contributed by atoms with Gasteiger partial charge in [0.15, 0.2) is 0 Å². The predicted octanol–water partition coefficient (Wildman–Crippen LogP) is 1.93. The normalized spacial score (nSPS) is 22.7. The minimum Gasteiger partial charge on any atom is -0.494 e. The molecule has 156 valence electrons. The van der Waals surface area contributed by atoms with Crippen LogP contribution < -0.4 is 15.4 Å². The molecule has 3 heterocycles. The van der Waals surface area contributed by atoms with E-state index in [4.69, 9.17) is 20.2 Å². The fourth-order valence-corrected chi connectivity index (χ4v) is 5.43. The molecule has 2 atom stereocenters. The van der Waals surface area contributed by atoms with Crippen LogP contribution in [0.5, 0.6) is 5.75 Å². The third-order valence-electron chi connectivity index (χ3n) is 5.77. The molecule has 8 nitrogen and oxygen atoms in total.